The third-order valence-corrected chi connectivity index (χ3v) is 11.2. The van der Waals surface area contributed by atoms with E-state index in [4.69, 9.17) is 25.9 Å². The van der Waals surface area contributed by atoms with Crippen molar-refractivity contribution in [3.05, 3.63) is 34.4 Å². The van der Waals surface area contributed by atoms with Crippen LogP contribution in [-0.2, 0) is 16.0 Å². The predicted molar refractivity (Wildman–Crippen MR) is 194 cm³/mol. The molecular weight excluding hydrogens is 614 g/mol. The number of phenolic OH excluding ortho intramolecular Hbond substituents is 1. The molecule has 2 saturated carbocycles. The Morgan fingerprint density at radius 3 is 2.57 bits per heavy atom. The molecule has 0 unspecified atom stereocenters. The van der Waals surface area contributed by atoms with Crippen molar-refractivity contribution in [1.82, 2.24) is 0 Å². The van der Waals surface area contributed by atoms with Gasteiger partial charge in [0, 0.05) is 37.5 Å². The molecule has 0 heterocycles. The van der Waals surface area contributed by atoms with Gasteiger partial charge in [-0.15, -0.1) is 11.8 Å². The van der Waals surface area contributed by atoms with Crippen LogP contribution in [0.1, 0.15) is 126 Å². The highest BCUT2D eigenvalue weighted by Gasteiger charge is 2.44. The predicted octanol–water partition coefficient (Wildman–Crippen LogP) is 6.29. The van der Waals surface area contributed by atoms with Gasteiger partial charge >= 0.3 is 0 Å². The first-order valence-electron chi connectivity index (χ1n) is 18.7. The van der Waals surface area contributed by atoms with Crippen LogP contribution in [0.4, 0.5) is 0 Å². The molecule has 49 heavy (non-hydrogen) atoms. The SMILES string of the molecule is CCC/C(=C/C(=O)CCc1cc(OC2CCCC2)c(O)c2c1C#C[C@H]1CC#CC[C@@H](C)C[C@@H]3CC[C@@H](OC)[C@H](CC[C@@H]1N=C(N)N)[C@@H]23)CO. The van der Waals surface area contributed by atoms with Crippen LogP contribution >= 0.6 is 0 Å². The maximum atomic E-state index is 13.3. The van der Waals surface area contributed by atoms with Gasteiger partial charge in [0.15, 0.2) is 23.2 Å². The zero-order chi connectivity index (χ0) is 34.9. The fourth-order valence-electron chi connectivity index (χ4n) is 8.86. The van der Waals surface area contributed by atoms with Crippen LogP contribution in [0.3, 0.4) is 0 Å². The number of ether oxygens (including phenoxy) is 2. The lowest BCUT2D eigenvalue weighted by Crippen LogP contribution is -2.40. The Morgan fingerprint density at radius 1 is 1.08 bits per heavy atom. The molecule has 0 radical (unpaired) electrons. The van der Waals surface area contributed by atoms with Crippen molar-refractivity contribution >= 4 is 11.7 Å². The highest BCUT2D eigenvalue weighted by molar-refractivity contribution is 5.90. The normalized spacial score (nSPS) is 28.6. The summed E-state index contributed by atoms with van der Waals surface area (Å²) < 4.78 is 12.8. The average molecular weight is 672 g/mol. The Balaban J connectivity index is 1.73. The largest absolute Gasteiger partial charge is 0.504 e. The van der Waals surface area contributed by atoms with Crippen LogP contribution in [0, 0.1) is 47.4 Å². The number of fused-ring (bicyclic) bond motifs is 6. The Morgan fingerprint density at radius 2 is 1.86 bits per heavy atom. The first kappa shape index (κ1) is 36.8. The second-order valence-electron chi connectivity index (χ2n) is 14.9. The van der Waals surface area contributed by atoms with Crippen molar-refractivity contribution < 1.29 is 24.5 Å². The van der Waals surface area contributed by atoms with Crippen molar-refractivity contribution in [2.24, 2.45) is 40.1 Å². The van der Waals surface area contributed by atoms with Gasteiger partial charge in [0.25, 0.3) is 0 Å². The maximum absolute atomic E-state index is 13.3. The number of phenols is 1. The number of aliphatic imine (C=N–C) groups is 1. The highest BCUT2D eigenvalue weighted by atomic mass is 16.5. The molecule has 1 aromatic rings. The number of guanidine groups is 1. The molecule has 6 N–H and O–H groups in total. The van der Waals surface area contributed by atoms with Crippen LogP contribution in [0.25, 0.3) is 0 Å². The summed E-state index contributed by atoms with van der Waals surface area (Å²) in [6.07, 6.45) is 13.8. The fourth-order valence-corrected chi connectivity index (χ4v) is 8.86. The lowest BCUT2D eigenvalue weighted by Gasteiger charge is -2.45. The molecule has 0 amide bonds. The lowest BCUT2D eigenvalue weighted by molar-refractivity contribution is -0.114. The number of aromatic hydroxyl groups is 1. The number of nitrogens with two attached hydrogens (primary N) is 2. The highest BCUT2D eigenvalue weighted by Crippen LogP contribution is 2.54. The molecule has 0 spiro atoms. The van der Waals surface area contributed by atoms with Gasteiger partial charge < -0.3 is 31.2 Å². The summed E-state index contributed by atoms with van der Waals surface area (Å²) >= 11 is 0. The molecule has 2 fully saturated rings. The first-order chi connectivity index (χ1) is 23.7. The van der Waals surface area contributed by atoms with E-state index in [1.807, 2.05) is 13.0 Å². The van der Waals surface area contributed by atoms with Crippen LogP contribution in [-0.4, -0.2) is 53.9 Å². The molecule has 8 heteroatoms. The molecule has 0 aliphatic heterocycles. The summed E-state index contributed by atoms with van der Waals surface area (Å²) in [4.78, 5) is 18.0. The number of hydrogen-bond acceptors (Lipinski definition) is 6. The molecule has 7 atom stereocenters. The first-order valence-corrected chi connectivity index (χ1v) is 18.7. The summed E-state index contributed by atoms with van der Waals surface area (Å²) in [5, 5.41) is 22.2. The number of nitrogens with zero attached hydrogens (tertiary/aromatic N) is 1. The van der Waals surface area contributed by atoms with E-state index < -0.39 is 0 Å². The number of aliphatic hydroxyl groups is 1. The minimum atomic E-state index is -0.228. The molecule has 6 rings (SSSR count). The third-order valence-electron chi connectivity index (χ3n) is 11.2. The van der Waals surface area contributed by atoms with E-state index in [-0.39, 0.29) is 72.4 Å². The number of rotatable bonds is 11. The van der Waals surface area contributed by atoms with Crippen molar-refractivity contribution in [3.8, 4) is 35.2 Å². The number of benzene rings is 1. The molecular formula is C41H57N3O5. The quantitative estimate of drug-likeness (QED) is 0.0939. The molecule has 4 bridgehead atoms. The molecule has 0 saturated heterocycles. The van der Waals surface area contributed by atoms with Gasteiger partial charge in [-0.2, -0.15) is 0 Å². The molecule has 5 aliphatic rings. The van der Waals surface area contributed by atoms with Crippen molar-refractivity contribution in [1.29, 1.82) is 0 Å². The number of aryl methyl sites for hydroxylation is 1. The second-order valence-corrected chi connectivity index (χ2v) is 14.9. The second kappa shape index (κ2) is 17.5. The van der Waals surface area contributed by atoms with Gasteiger partial charge in [0.1, 0.15) is 0 Å². The maximum Gasteiger partial charge on any atom is 0.186 e. The van der Waals surface area contributed by atoms with E-state index in [9.17, 15) is 15.0 Å². The van der Waals surface area contributed by atoms with Crippen LogP contribution < -0.4 is 16.2 Å². The lowest BCUT2D eigenvalue weighted by atomic mass is 9.62. The fraction of sp³-hybridized carbons (Fsp3) is 0.659. The summed E-state index contributed by atoms with van der Waals surface area (Å²) in [5.41, 5.74) is 15.3. The smallest absolute Gasteiger partial charge is 0.186 e. The van der Waals surface area contributed by atoms with E-state index in [0.29, 0.717) is 30.9 Å². The number of methoxy groups -OCH3 is 1. The van der Waals surface area contributed by atoms with E-state index in [1.54, 1.807) is 13.2 Å². The van der Waals surface area contributed by atoms with Gasteiger partial charge in [-0.25, -0.2) is 4.99 Å². The van der Waals surface area contributed by atoms with E-state index in [2.05, 4.69) is 30.6 Å². The molecule has 0 aromatic heterocycles. The van der Waals surface area contributed by atoms with Crippen molar-refractivity contribution in [2.75, 3.05) is 13.7 Å². The Hall–Kier alpha value is -3.46. The van der Waals surface area contributed by atoms with E-state index in [0.717, 1.165) is 92.9 Å². The number of ketones is 1. The van der Waals surface area contributed by atoms with Gasteiger partial charge in [-0.05, 0) is 118 Å². The van der Waals surface area contributed by atoms with Gasteiger partial charge in [0.05, 0.1) is 30.8 Å². The van der Waals surface area contributed by atoms with Crippen LogP contribution in [0.5, 0.6) is 11.5 Å². The topological polar surface area (TPSA) is 140 Å². The van der Waals surface area contributed by atoms with Gasteiger partial charge in [0.2, 0.25) is 0 Å². The molecule has 8 nitrogen and oxygen atoms in total. The zero-order valence-electron chi connectivity index (χ0n) is 29.8. The number of carbonyl (C=O) groups excluding carboxylic acids is 1. The number of allylic oxidation sites excluding steroid dienone is 1. The van der Waals surface area contributed by atoms with Gasteiger partial charge in [-0.1, -0.05) is 32.1 Å². The summed E-state index contributed by atoms with van der Waals surface area (Å²) in [5.74, 6) is 15.2. The van der Waals surface area contributed by atoms with E-state index in [1.165, 1.54) is 0 Å². The third kappa shape index (κ3) is 9.21. The Labute approximate surface area is 293 Å². The minimum Gasteiger partial charge on any atom is -0.504 e. The molecule has 266 valence electrons. The van der Waals surface area contributed by atoms with Crippen LogP contribution in [0.2, 0.25) is 0 Å². The van der Waals surface area contributed by atoms with Crippen molar-refractivity contribution in [2.45, 2.75) is 134 Å². The molecule has 5 aliphatic carbocycles. The average Bonchev–Trinajstić information content (AvgIpc) is 3.59. The zero-order valence-corrected chi connectivity index (χ0v) is 29.8. The summed E-state index contributed by atoms with van der Waals surface area (Å²) in [6.45, 7) is 4.20. The van der Waals surface area contributed by atoms with E-state index >= 15 is 0 Å². The van der Waals surface area contributed by atoms with Crippen LogP contribution in [0.15, 0.2) is 22.7 Å². The monoisotopic (exact) mass is 671 g/mol. The van der Waals surface area contributed by atoms with Gasteiger partial charge in [-0.3, -0.25) is 4.79 Å². The Bertz CT molecular complexity index is 1500. The Kier molecular flexibility index (Phi) is 13.1. The minimum absolute atomic E-state index is 0.000845. The summed E-state index contributed by atoms with van der Waals surface area (Å²) in [7, 11) is 1.80. The van der Waals surface area contributed by atoms with Crippen molar-refractivity contribution in [3.63, 3.8) is 0 Å². The standard InChI is InChI=1S/C41H57N3O5/c1-4-9-27(25-45)23-31(46)17-14-29-24-37(49-32-12-7-8-13-32)40(47)39-33(29)18-15-28-11-6-5-10-26(2)22-30-16-21-36(48-3)34(38(30)39)19-20-35(28)44-41(42)43/h23-24,26,28,30,32,34-36,38,45,47H,4,7-14,16-17,19-22,25H2,1-3H3,(H4,42,43,44)/b27-23-/t26-,28-,30+,34+,35+,36-,38+/m1/s1. The number of hydrogen-bond donors (Lipinski definition) is 4. The molecule has 1 aromatic carbocycles. The number of carbonyl (C=O) groups is 1. The number of aliphatic hydroxyl groups excluding tert-OH is 1. The summed E-state index contributed by atoms with van der Waals surface area (Å²) in [6, 6.07) is 1.71.